The lowest BCUT2D eigenvalue weighted by atomic mass is 9.87. The molecule has 0 saturated carbocycles. The first kappa shape index (κ1) is 19.5. The van der Waals surface area contributed by atoms with Crippen LogP contribution in [0.1, 0.15) is 40.2 Å². The Bertz CT molecular complexity index is 627. The van der Waals surface area contributed by atoms with Gasteiger partial charge in [0.25, 0.3) is 0 Å². The summed E-state index contributed by atoms with van der Waals surface area (Å²) in [6.07, 6.45) is 0. The summed E-state index contributed by atoms with van der Waals surface area (Å²) in [5.74, 6) is 0.638. The molecular formula is C17H29N3O2S. The van der Waals surface area contributed by atoms with Crippen LogP contribution in [0.15, 0.2) is 34.2 Å². The van der Waals surface area contributed by atoms with Crippen LogP contribution in [0.5, 0.6) is 0 Å². The maximum absolute atomic E-state index is 12.4. The van der Waals surface area contributed by atoms with Crippen LogP contribution in [0.4, 0.5) is 0 Å². The van der Waals surface area contributed by atoms with Crippen LogP contribution < -0.4 is 10.6 Å². The summed E-state index contributed by atoms with van der Waals surface area (Å²) in [6, 6.07) is 7.40. The van der Waals surface area contributed by atoms with Gasteiger partial charge in [0.05, 0.1) is 10.6 Å². The van der Waals surface area contributed by atoms with Crippen molar-refractivity contribution in [1.29, 1.82) is 0 Å². The van der Waals surface area contributed by atoms with E-state index < -0.39 is 9.84 Å². The smallest absolute Gasteiger partial charge is 0.191 e. The number of hydrogen-bond donors (Lipinski definition) is 2. The molecule has 0 aliphatic rings. The van der Waals surface area contributed by atoms with Crippen molar-refractivity contribution in [3.8, 4) is 0 Å². The highest BCUT2D eigenvalue weighted by atomic mass is 32.2. The molecule has 1 rings (SSSR count). The van der Waals surface area contributed by atoms with Gasteiger partial charge in [0.15, 0.2) is 15.8 Å². The number of nitrogens with one attached hydrogen (secondary N) is 2. The molecule has 0 amide bonds. The van der Waals surface area contributed by atoms with Gasteiger partial charge in [0.2, 0.25) is 0 Å². The second-order valence-corrected chi connectivity index (χ2v) is 9.00. The minimum atomic E-state index is -3.30. The van der Waals surface area contributed by atoms with Gasteiger partial charge in [0, 0.05) is 19.6 Å². The number of aliphatic imine (C=N–C) groups is 1. The van der Waals surface area contributed by atoms with E-state index in [0.29, 0.717) is 17.4 Å². The van der Waals surface area contributed by atoms with Crippen molar-refractivity contribution in [2.75, 3.05) is 19.3 Å². The topological polar surface area (TPSA) is 70.6 Å². The first-order valence-electron chi connectivity index (χ1n) is 7.87. The normalized spacial score (nSPS) is 13.3. The average molecular weight is 340 g/mol. The molecule has 6 heteroatoms. The number of nitrogens with zero attached hydrogens (tertiary/aromatic N) is 1. The SMILES string of the molecule is CN=C(NCCS(=O)(=O)c1ccc(C(C)(C)C)cc1)NC(C)C. The fourth-order valence-corrected chi connectivity index (χ4v) is 3.21. The molecule has 0 spiro atoms. The Morgan fingerprint density at radius 2 is 1.74 bits per heavy atom. The molecular weight excluding hydrogens is 310 g/mol. The van der Waals surface area contributed by atoms with Crippen LogP contribution >= 0.6 is 0 Å². The van der Waals surface area contributed by atoms with E-state index in [0.717, 1.165) is 5.56 Å². The summed E-state index contributed by atoms with van der Waals surface area (Å²) in [4.78, 5) is 4.42. The van der Waals surface area contributed by atoms with Crippen LogP contribution in [0.25, 0.3) is 0 Å². The molecule has 1 aromatic carbocycles. The quantitative estimate of drug-likeness (QED) is 0.638. The molecule has 0 atom stereocenters. The van der Waals surface area contributed by atoms with Crippen molar-refractivity contribution in [2.45, 2.75) is 51.0 Å². The molecule has 0 saturated heterocycles. The van der Waals surface area contributed by atoms with E-state index in [2.05, 4.69) is 36.4 Å². The van der Waals surface area contributed by atoms with Crippen molar-refractivity contribution in [1.82, 2.24) is 10.6 Å². The number of benzene rings is 1. The van der Waals surface area contributed by atoms with Crippen molar-refractivity contribution in [3.05, 3.63) is 29.8 Å². The van der Waals surface area contributed by atoms with E-state index in [4.69, 9.17) is 0 Å². The van der Waals surface area contributed by atoms with E-state index in [9.17, 15) is 8.42 Å². The summed E-state index contributed by atoms with van der Waals surface area (Å²) in [7, 11) is -1.64. The minimum Gasteiger partial charge on any atom is -0.355 e. The third kappa shape index (κ3) is 6.22. The zero-order chi connectivity index (χ0) is 17.7. The zero-order valence-corrected chi connectivity index (χ0v) is 15.8. The Morgan fingerprint density at radius 1 is 1.17 bits per heavy atom. The molecule has 0 heterocycles. The van der Waals surface area contributed by atoms with Crippen LogP contribution in [-0.4, -0.2) is 39.8 Å². The molecule has 0 aromatic heterocycles. The van der Waals surface area contributed by atoms with Gasteiger partial charge in [-0.1, -0.05) is 32.9 Å². The molecule has 0 unspecified atom stereocenters. The highest BCUT2D eigenvalue weighted by molar-refractivity contribution is 7.91. The molecule has 1 aromatic rings. The van der Waals surface area contributed by atoms with Crippen molar-refractivity contribution in [3.63, 3.8) is 0 Å². The third-order valence-corrected chi connectivity index (χ3v) is 5.12. The lowest BCUT2D eigenvalue weighted by Crippen LogP contribution is -2.42. The second-order valence-electron chi connectivity index (χ2n) is 6.89. The second kappa shape index (κ2) is 7.81. The monoisotopic (exact) mass is 339 g/mol. The summed E-state index contributed by atoms with van der Waals surface area (Å²) in [5.41, 5.74) is 1.13. The largest absolute Gasteiger partial charge is 0.355 e. The molecule has 0 aliphatic carbocycles. The van der Waals surface area contributed by atoms with Crippen LogP contribution in [0.2, 0.25) is 0 Å². The van der Waals surface area contributed by atoms with Gasteiger partial charge in [-0.25, -0.2) is 8.42 Å². The number of guanidine groups is 1. The van der Waals surface area contributed by atoms with Gasteiger partial charge in [-0.2, -0.15) is 0 Å². The fraction of sp³-hybridized carbons (Fsp3) is 0.588. The first-order chi connectivity index (χ1) is 10.6. The summed E-state index contributed by atoms with van der Waals surface area (Å²) < 4.78 is 24.8. The van der Waals surface area contributed by atoms with E-state index >= 15 is 0 Å². The fourth-order valence-electron chi connectivity index (χ4n) is 2.05. The lowest BCUT2D eigenvalue weighted by molar-refractivity contribution is 0.585. The first-order valence-corrected chi connectivity index (χ1v) is 9.52. The number of sulfone groups is 1. The molecule has 5 nitrogen and oxygen atoms in total. The minimum absolute atomic E-state index is 0.0128. The molecule has 0 bridgehead atoms. The summed E-state index contributed by atoms with van der Waals surface area (Å²) in [5, 5.41) is 6.15. The van der Waals surface area contributed by atoms with Gasteiger partial charge in [-0.3, -0.25) is 4.99 Å². The Hall–Kier alpha value is -1.56. The van der Waals surface area contributed by atoms with Gasteiger partial charge < -0.3 is 10.6 Å². The van der Waals surface area contributed by atoms with Crippen LogP contribution in [-0.2, 0) is 15.3 Å². The van der Waals surface area contributed by atoms with Gasteiger partial charge in [-0.15, -0.1) is 0 Å². The Morgan fingerprint density at radius 3 is 2.17 bits per heavy atom. The predicted molar refractivity (Wildman–Crippen MR) is 96.8 cm³/mol. The Balaban J connectivity index is 2.69. The summed E-state index contributed by atoms with van der Waals surface area (Å²) in [6.45, 7) is 10.6. The molecule has 0 fully saturated rings. The molecule has 0 aliphatic heterocycles. The highest BCUT2D eigenvalue weighted by Crippen LogP contribution is 2.23. The van der Waals surface area contributed by atoms with Crippen LogP contribution in [0.3, 0.4) is 0 Å². The standard InChI is InChI=1S/C17H29N3O2S/c1-13(2)20-16(18-6)19-11-12-23(21,22)15-9-7-14(8-10-15)17(3,4)5/h7-10,13H,11-12H2,1-6H3,(H2,18,19,20). The maximum Gasteiger partial charge on any atom is 0.191 e. The third-order valence-electron chi connectivity index (χ3n) is 3.39. The molecule has 23 heavy (non-hydrogen) atoms. The number of hydrogen-bond acceptors (Lipinski definition) is 3. The van der Waals surface area contributed by atoms with E-state index in [-0.39, 0.29) is 17.2 Å². The van der Waals surface area contributed by atoms with Crippen LogP contribution in [0, 0.1) is 0 Å². The maximum atomic E-state index is 12.4. The van der Waals surface area contributed by atoms with E-state index in [1.54, 1.807) is 19.2 Å². The zero-order valence-electron chi connectivity index (χ0n) is 15.0. The van der Waals surface area contributed by atoms with Gasteiger partial charge >= 0.3 is 0 Å². The Labute approximate surface area is 140 Å². The molecule has 0 radical (unpaired) electrons. The molecule has 2 N–H and O–H groups in total. The molecule has 130 valence electrons. The average Bonchev–Trinajstić information content (AvgIpc) is 2.45. The van der Waals surface area contributed by atoms with Crippen molar-refractivity contribution >= 4 is 15.8 Å². The summed E-state index contributed by atoms with van der Waals surface area (Å²) >= 11 is 0. The highest BCUT2D eigenvalue weighted by Gasteiger charge is 2.17. The van der Waals surface area contributed by atoms with E-state index in [1.807, 2.05) is 26.0 Å². The van der Waals surface area contributed by atoms with Gasteiger partial charge in [-0.05, 0) is 37.0 Å². The van der Waals surface area contributed by atoms with E-state index in [1.165, 1.54) is 0 Å². The van der Waals surface area contributed by atoms with Crippen molar-refractivity contribution < 1.29 is 8.42 Å². The van der Waals surface area contributed by atoms with Crippen molar-refractivity contribution in [2.24, 2.45) is 4.99 Å². The predicted octanol–water partition coefficient (Wildman–Crippen LogP) is 2.33. The lowest BCUT2D eigenvalue weighted by Gasteiger charge is -2.19. The number of rotatable bonds is 5. The van der Waals surface area contributed by atoms with Gasteiger partial charge in [0.1, 0.15) is 0 Å². The Kier molecular flexibility index (Phi) is 6.62.